The summed E-state index contributed by atoms with van der Waals surface area (Å²) in [5.74, 6) is 0.846. The predicted molar refractivity (Wildman–Crippen MR) is 92.6 cm³/mol. The van der Waals surface area contributed by atoms with Gasteiger partial charge in [-0.15, -0.1) is 11.8 Å². The molecule has 3 rings (SSSR count). The molecule has 6 nitrogen and oxygen atoms in total. The van der Waals surface area contributed by atoms with Crippen LogP contribution in [0.5, 0.6) is 11.5 Å². The fourth-order valence-corrected chi connectivity index (χ4v) is 5.27. The lowest BCUT2D eigenvalue weighted by atomic mass is 9.85. The first-order valence-electron chi connectivity index (χ1n) is 7.24. The van der Waals surface area contributed by atoms with E-state index in [1.54, 1.807) is 20.3 Å². The van der Waals surface area contributed by atoms with E-state index in [1.165, 1.54) is 18.9 Å². The van der Waals surface area contributed by atoms with Crippen LogP contribution in [0.15, 0.2) is 28.0 Å². The number of carbonyl (C=O) groups excluding carboxylic acids is 1. The molecule has 1 aliphatic rings. The summed E-state index contributed by atoms with van der Waals surface area (Å²) in [5.41, 5.74) is 0.889. The van der Waals surface area contributed by atoms with Crippen molar-refractivity contribution in [2.45, 2.75) is 10.9 Å². The van der Waals surface area contributed by atoms with E-state index in [9.17, 15) is 9.59 Å². The molecule has 0 radical (unpaired) electrons. The summed E-state index contributed by atoms with van der Waals surface area (Å²) in [4.78, 5) is 27.6. The van der Waals surface area contributed by atoms with Gasteiger partial charge in [-0.1, -0.05) is 17.4 Å². The van der Waals surface area contributed by atoms with E-state index in [4.69, 9.17) is 14.2 Å². The number of hydrogen-bond donors (Lipinski definition) is 1. The van der Waals surface area contributed by atoms with Gasteiger partial charge in [-0.3, -0.25) is 9.59 Å². The molecule has 2 atom stereocenters. The number of benzene rings is 1. The third-order valence-corrected chi connectivity index (χ3v) is 6.24. The van der Waals surface area contributed by atoms with Gasteiger partial charge in [0.05, 0.1) is 32.3 Å². The molecule has 2 aromatic rings. The Kier molecular flexibility index (Phi) is 4.86. The number of methoxy groups -OCH3 is 3. The summed E-state index contributed by atoms with van der Waals surface area (Å²) in [7, 11) is 4.52. The monoisotopic (exact) mass is 367 g/mol. The fourth-order valence-electron chi connectivity index (χ4n) is 2.88. The first-order chi connectivity index (χ1) is 11.6. The van der Waals surface area contributed by atoms with Gasteiger partial charge < -0.3 is 19.2 Å². The largest absolute Gasteiger partial charge is 0.493 e. The summed E-state index contributed by atoms with van der Waals surface area (Å²) in [6, 6.07) is 5.55. The lowest BCUT2D eigenvalue weighted by Crippen LogP contribution is -2.29. The second-order valence-corrected chi connectivity index (χ2v) is 7.29. The van der Waals surface area contributed by atoms with Crippen molar-refractivity contribution in [1.82, 2.24) is 4.98 Å². The Labute approximate surface area is 147 Å². The molecular formula is C16H17NO5S2. The molecule has 0 saturated carbocycles. The topological polar surface area (TPSA) is 77.6 Å². The zero-order valence-corrected chi connectivity index (χ0v) is 15.1. The van der Waals surface area contributed by atoms with E-state index >= 15 is 0 Å². The van der Waals surface area contributed by atoms with Gasteiger partial charge >= 0.3 is 10.8 Å². The highest BCUT2D eigenvalue weighted by atomic mass is 32.2. The highest BCUT2D eigenvalue weighted by Gasteiger charge is 2.39. The first kappa shape index (κ1) is 16.9. The number of carbonyl (C=O) groups is 1. The number of ether oxygens (including phenoxy) is 3. The van der Waals surface area contributed by atoms with Gasteiger partial charge in [0.2, 0.25) is 0 Å². The normalized spacial score (nSPS) is 19.5. The second-order valence-electron chi connectivity index (χ2n) is 5.24. The molecule has 0 amide bonds. The van der Waals surface area contributed by atoms with Crippen molar-refractivity contribution in [3.05, 3.63) is 38.3 Å². The van der Waals surface area contributed by atoms with E-state index in [0.29, 0.717) is 17.3 Å². The number of thioether (sulfide) groups is 1. The molecular weight excluding hydrogens is 350 g/mol. The number of aromatic amines is 1. The maximum atomic E-state index is 12.3. The molecule has 8 heteroatoms. The first-order valence-corrected chi connectivity index (χ1v) is 9.04. The summed E-state index contributed by atoms with van der Waals surface area (Å²) >= 11 is 2.61. The van der Waals surface area contributed by atoms with Crippen molar-refractivity contribution in [1.29, 1.82) is 0 Å². The molecule has 0 saturated heterocycles. The Bertz CT molecular complexity index is 813. The molecule has 1 aliphatic heterocycles. The number of thiazole rings is 1. The standard InChI is InChI=1S/C16H17NO5S2/c1-20-10-5-4-8(6-11(10)21-2)12-9(15(18)22-3)7-23-14-13(12)24-16(19)17-14/h4-6,9,12H,7H2,1-3H3,(H,17,19)/t9-,12+/m0/s1. The zero-order valence-electron chi connectivity index (χ0n) is 13.5. The van der Waals surface area contributed by atoms with Crippen LogP contribution in [0.4, 0.5) is 0 Å². The van der Waals surface area contributed by atoms with Gasteiger partial charge in [0, 0.05) is 16.5 Å². The average molecular weight is 367 g/mol. The van der Waals surface area contributed by atoms with Crippen LogP contribution < -0.4 is 14.3 Å². The Morgan fingerprint density at radius 1 is 1.21 bits per heavy atom. The lowest BCUT2D eigenvalue weighted by Gasteiger charge is -2.29. The van der Waals surface area contributed by atoms with Crippen LogP contribution in [0.2, 0.25) is 0 Å². The molecule has 2 heterocycles. The molecule has 1 N–H and O–H groups in total. The van der Waals surface area contributed by atoms with E-state index in [1.807, 2.05) is 12.1 Å². The van der Waals surface area contributed by atoms with Gasteiger partial charge in [-0.2, -0.15) is 0 Å². The van der Waals surface area contributed by atoms with Gasteiger partial charge in [0.1, 0.15) is 0 Å². The van der Waals surface area contributed by atoms with E-state index in [-0.39, 0.29) is 22.7 Å². The van der Waals surface area contributed by atoms with Crippen molar-refractivity contribution < 1.29 is 19.0 Å². The number of H-pyrrole nitrogens is 1. The second kappa shape index (κ2) is 6.90. The minimum Gasteiger partial charge on any atom is -0.493 e. The van der Waals surface area contributed by atoms with Gasteiger partial charge in [0.25, 0.3) is 0 Å². The Morgan fingerprint density at radius 3 is 2.62 bits per heavy atom. The summed E-state index contributed by atoms with van der Waals surface area (Å²) in [6.45, 7) is 0. The number of aromatic nitrogens is 1. The van der Waals surface area contributed by atoms with Crippen LogP contribution in [0.1, 0.15) is 16.4 Å². The molecule has 128 valence electrons. The summed E-state index contributed by atoms with van der Waals surface area (Å²) in [5, 5.41) is 0.824. The predicted octanol–water partition coefficient (Wildman–Crippen LogP) is 2.48. The molecule has 0 bridgehead atoms. The maximum Gasteiger partial charge on any atom is 0.310 e. The van der Waals surface area contributed by atoms with Crippen molar-refractivity contribution in [2.75, 3.05) is 27.1 Å². The number of esters is 1. The average Bonchev–Trinajstić information content (AvgIpc) is 2.99. The molecule has 0 aliphatic carbocycles. The molecule has 0 fully saturated rings. The van der Waals surface area contributed by atoms with Crippen molar-refractivity contribution in [3.8, 4) is 11.5 Å². The van der Waals surface area contributed by atoms with Crippen molar-refractivity contribution in [2.24, 2.45) is 5.92 Å². The van der Waals surface area contributed by atoms with Gasteiger partial charge in [0.15, 0.2) is 11.5 Å². The maximum absolute atomic E-state index is 12.3. The zero-order chi connectivity index (χ0) is 17.3. The Morgan fingerprint density at radius 2 is 1.96 bits per heavy atom. The van der Waals surface area contributed by atoms with Gasteiger partial charge in [-0.05, 0) is 17.7 Å². The number of hydrogen-bond acceptors (Lipinski definition) is 7. The highest BCUT2D eigenvalue weighted by Crippen LogP contribution is 2.46. The third kappa shape index (κ3) is 2.91. The number of fused-ring (bicyclic) bond motifs is 1. The van der Waals surface area contributed by atoms with Crippen LogP contribution in [0.3, 0.4) is 0 Å². The fraction of sp³-hybridized carbons (Fsp3) is 0.375. The Balaban J connectivity index is 2.13. The number of rotatable bonds is 4. The smallest absolute Gasteiger partial charge is 0.310 e. The molecule has 0 unspecified atom stereocenters. The minimum atomic E-state index is -0.364. The van der Waals surface area contributed by atoms with Crippen LogP contribution in [0, 0.1) is 5.92 Å². The Hall–Kier alpha value is -1.93. The molecule has 24 heavy (non-hydrogen) atoms. The van der Waals surface area contributed by atoms with Crippen molar-refractivity contribution in [3.63, 3.8) is 0 Å². The van der Waals surface area contributed by atoms with E-state index < -0.39 is 0 Å². The SMILES string of the molecule is COC(=O)[C@H]1CSc2[nH]c(=O)sc2[C@@H]1c1ccc(OC)c(OC)c1. The van der Waals surface area contributed by atoms with Crippen LogP contribution in [0.25, 0.3) is 0 Å². The molecule has 1 aromatic carbocycles. The lowest BCUT2D eigenvalue weighted by molar-refractivity contribution is -0.145. The van der Waals surface area contributed by atoms with Crippen LogP contribution in [-0.4, -0.2) is 38.0 Å². The molecule has 0 spiro atoms. The quantitative estimate of drug-likeness (QED) is 0.837. The summed E-state index contributed by atoms with van der Waals surface area (Å²) in [6.07, 6.45) is 0. The van der Waals surface area contributed by atoms with Crippen LogP contribution >= 0.6 is 23.1 Å². The van der Waals surface area contributed by atoms with Crippen molar-refractivity contribution >= 4 is 29.1 Å². The van der Waals surface area contributed by atoms with E-state index in [2.05, 4.69) is 4.98 Å². The van der Waals surface area contributed by atoms with Crippen LogP contribution in [-0.2, 0) is 9.53 Å². The number of nitrogens with one attached hydrogen (secondary N) is 1. The highest BCUT2D eigenvalue weighted by molar-refractivity contribution is 7.99. The summed E-state index contributed by atoms with van der Waals surface area (Å²) < 4.78 is 15.6. The van der Waals surface area contributed by atoms with E-state index in [0.717, 1.165) is 26.8 Å². The van der Waals surface area contributed by atoms with Gasteiger partial charge in [-0.25, -0.2) is 0 Å². The minimum absolute atomic E-state index is 0.122. The molecule has 1 aromatic heterocycles. The third-order valence-electron chi connectivity index (χ3n) is 4.00.